The molecule has 0 saturated carbocycles. The van der Waals surface area contributed by atoms with Crippen molar-refractivity contribution in [3.8, 4) is 0 Å². The molecule has 3 aliphatic rings. The van der Waals surface area contributed by atoms with Gasteiger partial charge in [0.25, 0.3) is 0 Å². The van der Waals surface area contributed by atoms with Gasteiger partial charge in [0, 0.05) is 5.22 Å². The Kier molecular flexibility index (Phi) is 1.52. The lowest BCUT2D eigenvalue weighted by Crippen LogP contribution is -2.21. The molecule has 1 aromatic rings. The van der Waals surface area contributed by atoms with Gasteiger partial charge in [0.2, 0.25) is 0 Å². The molecule has 80 valence electrons. The van der Waals surface area contributed by atoms with Crippen LogP contribution in [0, 0.1) is 0 Å². The van der Waals surface area contributed by atoms with Crippen LogP contribution >= 0.6 is 0 Å². The van der Waals surface area contributed by atoms with Gasteiger partial charge in [0.15, 0.2) is 5.78 Å². The summed E-state index contributed by atoms with van der Waals surface area (Å²) in [6.45, 7) is 0. The van der Waals surface area contributed by atoms with Crippen LogP contribution in [0.1, 0.15) is 0 Å². The molecule has 1 unspecified atom stereocenters. The van der Waals surface area contributed by atoms with E-state index in [9.17, 15) is 4.79 Å². The normalized spacial score (nSPS) is 23.6. The van der Waals surface area contributed by atoms with Crippen molar-refractivity contribution in [2.75, 3.05) is 0 Å². The van der Waals surface area contributed by atoms with E-state index in [1.165, 1.54) is 10.8 Å². The highest BCUT2D eigenvalue weighted by Gasteiger charge is 2.31. The molecule has 17 heavy (non-hydrogen) atoms. The minimum absolute atomic E-state index is 0.0382. The number of rotatable bonds is 0. The van der Waals surface area contributed by atoms with Gasteiger partial charge in [-0.25, -0.2) is 0 Å². The topological polar surface area (TPSA) is 29.4 Å². The summed E-state index contributed by atoms with van der Waals surface area (Å²) in [7, 11) is 0. The fraction of sp³-hybridized carbons (Fsp3) is 0.0667. The molecule has 0 spiro atoms. The molecule has 0 radical (unpaired) electrons. The first-order chi connectivity index (χ1) is 8.33. The third-order valence-corrected chi connectivity index (χ3v) is 3.44. The first kappa shape index (κ1) is 8.88. The molecule has 4 rings (SSSR count). The van der Waals surface area contributed by atoms with Crippen LogP contribution < -0.4 is 10.6 Å². The van der Waals surface area contributed by atoms with Gasteiger partial charge in [-0.05, 0) is 41.0 Å². The molecular formula is C15H9NO. The Morgan fingerprint density at radius 3 is 2.88 bits per heavy atom. The minimum atomic E-state index is 0.0382. The summed E-state index contributed by atoms with van der Waals surface area (Å²) in [6, 6.07) is 8.18. The van der Waals surface area contributed by atoms with Gasteiger partial charge in [-0.3, -0.25) is 9.79 Å². The number of hydrogen-bond donors (Lipinski definition) is 0. The number of benzene rings is 1. The Hall–Kier alpha value is -2.22. The zero-order valence-corrected chi connectivity index (χ0v) is 9.05. The number of carbonyl (C=O) groups excluding carboxylic acids is 1. The molecule has 2 heteroatoms. The van der Waals surface area contributed by atoms with Gasteiger partial charge in [-0.1, -0.05) is 24.3 Å². The highest BCUT2D eigenvalue weighted by Crippen LogP contribution is 2.35. The van der Waals surface area contributed by atoms with E-state index in [-0.39, 0.29) is 11.8 Å². The van der Waals surface area contributed by atoms with E-state index in [0.29, 0.717) is 0 Å². The Morgan fingerprint density at radius 2 is 1.94 bits per heavy atom. The molecular weight excluding hydrogens is 210 g/mol. The van der Waals surface area contributed by atoms with Crippen LogP contribution in [0.15, 0.2) is 64.7 Å². The Bertz CT molecular complexity index is 762. The number of hydrogen-bond acceptors (Lipinski definition) is 2. The smallest absolute Gasteiger partial charge is 0.179 e. The van der Waals surface area contributed by atoms with Crippen LogP contribution in [0.5, 0.6) is 0 Å². The molecule has 0 bridgehead atoms. The predicted octanol–water partition coefficient (Wildman–Crippen LogP) is 0.844. The predicted molar refractivity (Wildman–Crippen MR) is 64.7 cm³/mol. The third kappa shape index (κ3) is 1.10. The van der Waals surface area contributed by atoms with E-state index in [4.69, 9.17) is 0 Å². The average molecular weight is 219 g/mol. The standard InChI is InChI=1S/C15H9NO/c17-10-6-5-9-7-13-11-3-1-2-4-14(11)16-15(13)12(9)8-10/h1-8,15H. The Labute approximate surface area is 98.0 Å². The van der Waals surface area contributed by atoms with Gasteiger partial charge >= 0.3 is 0 Å². The highest BCUT2D eigenvalue weighted by atomic mass is 16.1. The van der Waals surface area contributed by atoms with Crippen molar-refractivity contribution in [3.05, 3.63) is 70.3 Å². The van der Waals surface area contributed by atoms with Crippen molar-refractivity contribution in [2.45, 2.75) is 6.04 Å². The summed E-state index contributed by atoms with van der Waals surface area (Å²) in [5, 5.41) is 2.23. The maximum Gasteiger partial charge on any atom is 0.179 e. The van der Waals surface area contributed by atoms with Crippen LogP contribution in [0.4, 0.5) is 0 Å². The lowest BCUT2D eigenvalue weighted by atomic mass is 9.98. The Balaban J connectivity index is 2.06. The van der Waals surface area contributed by atoms with Gasteiger partial charge in [-0.15, -0.1) is 0 Å². The summed E-state index contributed by atoms with van der Waals surface area (Å²) in [5.41, 5.74) is 3.40. The van der Waals surface area contributed by atoms with Gasteiger partial charge in [0.1, 0.15) is 6.04 Å². The van der Waals surface area contributed by atoms with Crippen LogP contribution in [0.2, 0.25) is 0 Å². The molecule has 1 aliphatic heterocycles. The lowest BCUT2D eigenvalue weighted by Gasteiger charge is -2.09. The summed E-state index contributed by atoms with van der Waals surface area (Å²) in [6.07, 6.45) is 7.36. The van der Waals surface area contributed by atoms with Crippen LogP contribution in [-0.4, -0.2) is 11.8 Å². The molecule has 0 amide bonds. The maximum atomic E-state index is 11.4. The van der Waals surface area contributed by atoms with Gasteiger partial charge in [0.05, 0.1) is 5.36 Å². The molecule has 2 aliphatic carbocycles. The molecule has 2 nitrogen and oxygen atoms in total. The average Bonchev–Trinajstić information content (AvgIpc) is 2.85. The molecule has 1 aromatic carbocycles. The van der Waals surface area contributed by atoms with Crippen molar-refractivity contribution < 1.29 is 4.79 Å². The first-order valence-corrected chi connectivity index (χ1v) is 5.66. The number of carbonyl (C=O) groups is 1. The molecule has 0 N–H and O–H groups in total. The zero-order valence-electron chi connectivity index (χ0n) is 9.05. The van der Waals surface area contributed by atoms with E-state index < -0.39 is 0 Å². The van der Waals surface area contributed by atoms with E-state index in [1.807, 2.05) is 24.3 Å². The maximum absolute atomic E-state index is 11.4. The van der Waals surface area contributed by atoms with Crippen LogP contribution in [-0.2, 0) is 4.79 Å². The highest BCUT2D eigenvalue weighted by molar-refractivity contribution is 6.04. The number of nitrogens with zero attached hydrogens (tertiary/aromatic N) is 1. The summed E-state index contributed by atoms with van der Waals surface area (Å²) in [4.78, 5) is 16.1. The largest absolute Gasteiger partial charge is 0.290 e. The number of fused-ring (bicyclic) bond motifs is 4. The quantitative estimate of drug-likeness (QED) is 0.636. The fourth-order valence-electron chi connectivity index (χ4n) is 2.67. The number of para-hydroxylation sites is 1. The minimum Gasteiger partial charge on any atom is -0.290 e. The molecule has 0 fully saturated rings. The van der Waals surface area contributed by atoms with Crippen molar-refractivity contribution in [2.24, 2.45) is 4.99 Å². The number of ketones is 1. The summed E-state index contributed by atoms with van der Waals surface area (Å²) in [5.74, 6) is 0.0598. The summed E-state index contributed by atoms with van der Waals surface area (Å²) < 4.78 is 0. The molecule has 1 heterocycles. The third-order valence-electron chi connectivity index (χ3n) is 3.44. The van der Waals surface area contributed by atoms with Crippen molar-refractivity contribution >= 4 is 11.4 Å². The molecule has 0 aromatic heterocycles. The number of allylic oxidation sites excluding steroid dienone is 3. The van der Waals surface area contributed by atoms with Crippen LogP contribution in [0.25, 0.3) is 5.57 Å². The monoisotopic (exact) mass is 219 g/mol. The van der Waals surface area contributed by atoms with Crippen molar-refractivity contribution in [3.63, 3.8) is 0 Å². The van der Waals surface area contributed by atoms with E-state index in [2.05, 4.69) is 17.1 Å². The SMILES string of the molecule is O=C1C=CC2=CC3=c4ccccc4=NC3C2=C1. The Morgan fingerprint density at radius 1 is 1.06 bits per heavy atom. The molecule has 0 saturated heterocycles. The molecule has 1 atom stereocenters. The van der Waals surface area contributed by atoms with Crippen molar-refractivity contribution in [1.82, 2.24) is 0 Å². The second-order valence-electron chi connectivity index (χ2n) is 4.44. The van der Waals surface area contributed by atoms with Gasteiger partial charge < -0.3 is 0 Å². The van der Waals surface area contributed by atoms with E-state index >= 15 is 0 Å². The second-order valence-corrected chi connectivity index (χ2v) is 4.44. The van der Waals surface area contributed by atoms with E-state index in [1.54, 1.807) is 12.2 Å². The zero-order chi connectivity index (χ0) is 11.4. The second kappa shape index (κ2) is 2.92. The first-order valence-electron chi connectivity index (χ1n) is 5.66. The van der Waals surface area contributed by atoms with Crippen molar-refractivity contribution in [1.29, 1.82) is 0 Å². The van der Waals surface area contributed by atoms with Gasteiger partial charge in [-0.2, -0.15) is 0 Å². The van der Waals surface area contributed by atoms with Crippen LogP contribution in [0.3, 0.4) is 0 Å². The lowest BCUT2D eigenvalue weighted by molar-refractivity contribution is -0.110. The fourth-order valence-corrected chi connectivity index (χ4v) is 2.67. The summed E-state index contributed by atoms with van der Waals surface area (Å²) >= 11 is 0. The van der Waals surface area contributed by atoms with E-state index in [0.717, 1.165) is 16.5 Å².